The van der Waals surface area contributed by atoms with Crippen molar-refractivity contribution in [2.75, 3.05) is 6.61 Å². The third kappa shape index (κ3) is 4.10. The smallest absolute Gasteiger partial charge is 0.130 e. The lowest BCUT2D eigenvalue weighted by Gasteiger charge is -2.25. The highest BCUT2D eigenvalue weighted by molar-refractivity contribution is 5.37. The monoisotopic (exact) mass is 300 g/mol. The summed E-state index contributed by atoms with van der Waals surface area (Å²) in [6.07, 6.45) is 1.42. The first-order valence-corrected chi connectivity index (χ1v) is 7.36. The third-order valence-electron chi connectivity index (χ3n) is 3.25. The van der Waals surface area contributed by atoms with Gasteiger partial charge in [0.05, 0.1) is 0 Å². The maximum atomic E-state index is 13.5. The predicted molar refractivity (Wildman–Crippen MR) is 86.7 cm³/mol. The fraction of sp³-hybridized carbons (Fsp3) is 0.263. The van der Waals surface area contributed by atoms with E-state index in [0.717, 1.165) is 11.3 Å². The minimum Gasteiger partial charge on any atom is -0.489 e. The largest absolute Gasteiger partial charge is 0.489 e. The summed E-state index contributed by atoms with van der Waals surface area (Å²) in [6.45, 7) is 8.08. The minimum absolute atomic E-state index is 0.205. The minimum atomic E-state index is -0.329. The van der Waals surface area contributed by atoms with Crippen LogP contribution in [0.1, 0.15) is 25.5 Å². The molecule has 0 unspecified atom stereocenters. The van der Waals surface area contributed by atoms with Crippen LogP contribution >= 0.6 is 0 Å². The predicted octanol–water partition coefficient (Wildman–Crippen LogP) is 5.17. The Bertz CT molecular complexity index is 608. The van der Waals surface area contributed by atoms with Gasteiger partial charge < -0.3 is 9.47 Å². The molecule has 3 heteroatoms. The summed E-state index contributed by atoms with van der Waals surface area (Å²) in [5.74, 6) is 1.15. The number of benzene rings is 2. The third-order valence-corrected chi connectivity index (χ3v) is 3.25. The standard InChI is InChI=1S/C19H21FO2/c1-4-12-21-18-13-15(20)10-11-17(18)19(14(2)3)22-16-8-6-5-7-9-16/h4-11,13-14,19H,1,12H2,2-3H3/t19-/m0/s1. The highest BCUT2D eigenvalue weighted by Crippen LogP contribution is 2.34. The van der Waals surface area contributed by atoms with Crippen LogP contribution in [0.5, 0.6) is 11.5 Å². The number of halogens is 1. The number of hydrogen-bond donors (Lipinski definition) is 0. The van der Waals surface area contributed by atoms with Crippen LogP contribution in [0.3, 0.4) is 0 Å². The molecular weight excluding hydrogens is 279 g/mol. The van der Waals surface area contributed by atoms with E-state index in [0.29, 0.717) is 12.4 Å². The van der Waals surface area contributed by atoms with Gasteiger partial charge in [-0.2, -0.15) is 0 Å². The van der Waals surface area contributed by atoms with Crippen LogP contribution in [0, 0.1) is 11.7 Å². The highest BCUT2D eigenvalue weighted by Gasteiger charge is 2.22. The van der Waals surface area contributed by atoms with Crippen LogP contribution in [-0.2, 0) is 0 Å². The van der Waals surface area contributed by atoms with Gasteiger partial charge in [0.25, 0.3) is 0 Å². The van der Waals surface area contributed by atoms with E-state index in [2.05, 4.69) is 20.4 Å². The van der Waals surface area contributed by atoms with Gasteiger partial charge >= 0.3 is 0 Å². The number of rotatable bonds is 7. The molecular formula is C19H21FO2. The van der Waals surface area contributed by atoms with E-state index < -0.39 is 0 Å². The Balaban J connectivity index is 2.33. The van der Waals surface area contributed by atoms with Gasteiger partial charge in [-0.25, -0.2) is 4.39 Å². The molecule has 0 radical (unpaired) electrons. The second-order valence-corrected chi connectivity index (χ2v) is 5.38. The van der Waals surface area contributed by atoms with Gasteiger partial charge in [0.15, 0.2) is 0 Å². The van der Waals surface area contributed by atoms with Crippen LogP contribution in [-0.4, -0.2) is 6.61 Å². The van der Waals surface area contributed by atoms with Crippen molar-refractivity contribution in [3.8, 4) is 11.5 Å². The molecule has 2 aromatic carbocycles. The molecule has 0 spiro atoms. The highest BCUT2D eigenvalue weighted by atomic mass is 19.1. The Labute approximate surface area is 131 Å². The summed E-state index contributed by atoms with van der Waals surface area (Å²) >= 11 is 0. The molecule has 0 aliphatic rings. The topological polar surface area (TPSA) is 18.5 Å². The quantitative estimate of drug-likeness (QED) is 0.657. The molecule has 2 rings (SSSR count). The lowest BCUT2D eigenvalue weighted by molar-refractivity contribution is 0.149. The molecule has 1 atom stereocenters. The number of para-hydroxylation sites is 1. The SMILES string of the molecule is C=CCOc1cc(F)ccc1[C@@H](Oc1ccccc1)C(C)C. The van der Waals surface area contributed by atoms with E-state index in [4.69, 9.17) is 9.47 Å². The van der Waals surface area contributed by atoms with Crippen molar-refractivity contribution in [1.82, 2.24) is 0 Å². The first kappa shape index (κ1) is 16.1. The van der Waals surface area contributed by atoms with Crippen molar-refractivity contribution in [1.29, 1.82) is 0 Å². The van der Waals surface area contributed by atoms with Gasteiger partial charge in [-0.15, -0.1) is 0 Å². The molecule has 0 saturated heterocycles. The molecule has 0 aromatic heterocycles. The molecule has 2 aromatic rings. The molecule has 0 bridgehead atoms. The summed E-state index contributed by atoms with van der Waals surface area (Å²) in [6, 6.07) is 14.1. The van der Waals surface area contributed by atoms with E-state index in [9.17, 15) is 4.39 Å². The summed E-state index contributed by atoms with van der Waals surface area (Å²) in [7, 11) is 0. The van der Waals surface area contributed by atoms with Gasteiger partial charge in [0, 0.05) is 11.6 Å². The fourth-order valence-electron chi connectivity index (χ4n) is 2.22. The molecule has 0 saturated carbocycles. The normalized spacial score (nSPS) is 12.0. The number of ether oxygens (including phenoxy) is 2. The Kier molecular flexibility index (Phi) is 5.59. The number of hydrogen-bond acceptors (Lipinski definition) is 2. The van der Waals surface area contributed by atoms with Crippen LogP contribution in [0.4, 0.5) is 4.39 Å². The zero-order valence-electron chi connectivity index (χ0n) is 13.0. The lowest BCUT2D eigenvalue weighted by Crippen LogP contribution is -2.16. The van der Waals surface area contributed by atoms with Crippen molar-refractivity contribution in [2.24, 2.45) is 5.92 Å². The molecule has 2 nitrogen and oxygen atoms in total. The van der Waals surface area contributed by atoms with E-state index in [1.807, 2.05) is 30.3 Å². The van der Waals surface area contributed by atoms with E-state index in [1.165, 1.54) is 12.1 Å². The Hall–Kier alpha value is -2.29. The van der Waals surface area contributed by atoms with Crippen LogP contribution < -0.4 is 9.47 Å². The first-order valence-electron chi connectivity index (χ1n) is 7.36. The Morgan fingerprint density at radius 2 is 1.86 bits per heavy atom. The average Bonchev–Trinajstić information content (AvgIpc) is 2.52. The zero-order chi connectivity index (χ0) is 15.9. The van der Waals surface area contributed by atoms with Crippen molar-refractivity contribution >= 4 is 0 Å². The molecule has 22 heavy (non-hydrogen) atoms. The second kappa shape index (κ2) is 7.64. The molecule has 0 N–H and O–H groups in total. The molecule has 0 aliphatic carbocycles. The Morgan fingerprint density at radius 1 is 1.14 bits per heavy atom. The van der Waals surface area contributed by atoms with Crippen LogP contribution in [0.2, 0.25) is 0 Å². The van der Waals surface area contributed by atoms with Gasteiger partial charge in [-0.05, 0) is 30.2 Å². The van der Waals surface area contributed by atoms with Crippen LogP contribution in [0.15, 0.2) is 61.2 Å². The van der Waals surface area contributed by atoms with Crippen molar-refractivity contribution in [3.63, 3.8) is 0 Å². The average molecular weight is 300 g/mol. The second-order valence-electron chi connectivity index (χ2n) is 5.38. The van der Waals surface area contributed by atoms with Crippen molar-refractivity contribution in [2.45, 2.75) is 20.0 Å². The lowest BCUT2D eigenvalue weighted by atomic mass is 9.97. The molecule has 116 valence electrons. The van der Waals surface area contributed by atoms with Gasteiger partial charge in [-0.3, -0.25) is 0 Å². The summed E-state index contributed by atoms with van der Waals surface area (Å²) in [5.41, 5.74) is 0.835. The van der Waals surface area contributed by atoms with Crippen molar-refractivity contribution < 1.29 is 13.9 Å². The molecule has 0 fully saturated rings. The summed E-state index contributed by atoms with van der Waals surface area (Å²) in [5, 5.41) is 0. The summed E-state index contributed by atoms with van der Waals surface area (Å²) < 4.78 is 25.2. The van der Waals surface area contributed by atoms with E-state index in [1.54, 1.807) is 12.1 Å². The maximum absolute atomic E-state index is 13.5. The van der Waals surface area contributed by atoms with Crippen LogP contribution in [0.25, 0.3) is 0 Å². The van der Waals surface area contributed by atoms with Gasteiger partial charge in [-0.1, -0.05) is 44.7 Å². The fourth-order valence-corrected chi connectivity index (χ4v) is 2.22. The molecule has 0 amide bonds. The summed E-state index contributed by atoms with van der Waals surface area (Å²) in [4.78, 5) is 0. The van der Waals surface area contributed by atoms with Gasteiger partial charge in [0.1, 0.15) is 30.0 Å². The molecule has 0 heterocycles. The Morgan fingerprint density at radius 3 is 2.50 bits per heavy atom. The first-order chi connectivity index (χ1) is 10.6. The molecule has 0 aliphatic heterocycles. The maximum Gasteiger partial charge on any atom is 0.130 e. The zero-order valence-corrected chi connectivity index (χ0v) is 13.0. The van der Waals surface area contributed by atoms with Gasteiger partial charge in [0.2, 0.25) is 0 Å². The van der Waals surface area contributed by atoms with Crippen molar-refractivity contribution in [3.05, 3.63) is 72.6 Å². The van der Waals surface area contributed by atoms with E-state index in [-0.39, 0.29) is 17.8 Å². The van der Waals surface area contributed by atoms with E-state index >= 15 is 0 Å².